The van der Waals surface area contributed by atoms with Crippen LogP contribution in [0.25, 0.3) is 0 Å². The number of rotatable bonds is 7. The molecular weight excluding hydrogens is 268 g/mol. The Morgan fingerprint density at radius 2 is 1.67 bits per heavy atom. The summed E-state index contributed by atoms with van der Waals surface area (Å²) in [5.41, 5.74) is 5.82. The third-order valence-electron chi connectivity index (χ3n) is 4.58. The summed E-state index contributed by atoms with van der Waals surface area (Å²) in [6.07, 6.45) is 4.64. The van der Waals surface area contributed by atoms with Crippen LogP contribution in [0.15, 0.2) is 0 Å². The molecule has 2 aliphatic rings. The van der Waals surface area contributed by atoms with Crippen LogP contribution in [0.2, 0.25) is 0 Å². The number of carbonyl (C=O) groups is 1. The smallest absolute Gasteiger partial charge is 0.227 e. The summed E-state index contributed by atoms with van der Waals surface area (Å²) in [6, 6.07) is 0. The fraction of sp³-hybridized carbons (Fsp3) is 0.938. The van der Waals surface area contributed by atoms with Gasteiger partial charge >= 0.3 is 0 Å². The van der Waals surface area contributed by atoms with Crippen LogP contribution in [0.1, 0.15) is 39.5 Å². The molecule has 5 heteroatoms. The summed E-state index contributed by atoms with van der Waals surface area (Å²) in [6.45, 7) is 7.53. The molecule has 2 fully saturated rings. The van der Waals surface area contributed by atoms with E-state index in [4.69, 9.17) is 15.2 Å². The molecule has 1 amide bonds. The second-order valence-corrected chi connectivity index (χ2v) is 6.60. The molecule has 0 aromatic heterocycles. The minimum atomic E-state index is -0.104. The normalized spacial score (nSPS) is 27.2. The van der Waals surface area contributed by atoms with E-state index in [0.717, 1.165) is 38.9 Å². The van der Waals surface area contributed by atoms with Gasteiger partial charge in [-0.3, -0.25) is 4.79 Å². The van der Waals surface area contributed by atoms with Crippen LogP contribution in [0, 0.1) is 11.8 Å². The van der Waals surface area contributed by atoms with Crippen LogP contribution in [-0.2, 0) is 14.3 Å². The van der Waals surface area contributed by atoms with Crippen LogP contribution in [0.4, 0.5) is 0 Å². The van der Waals surface area contributed by atoms with E-state index in [-0.39, 0.29) is 30.0 Å². The Hall–Kier alpha value is -0.650. The van der Waals surface area contributed by atoms with Gasteiger partial charge in [0.05, 0.1) is 18.1 Å². The summed E-state index contributed by atoms with van der Waals surface area (Å²) in [5.74, 6) is 0.324. The Balaban J connectivity index is 1.99. The van der Waals surface area contributed by atoms with Crippen molar-refractivity contribution in [2.24, 2.45) is 17.6 Å². The average Bonchev–Trinajstić information content (AvgIpc) is 3.11. The van der Waals surface area contributed by atoms with Gasteiger partial charge in [-0.05, 0) is 31.6 Å². The second kappa shape index (κ2) is 8.11. The molecule has 2 N–H and O–H groups in total. The third-order valence-corrected chi connectivity index (χ3v) is 4.58. The van der Waals surface area contributed by atoms with Crippen molar-refractivity contribution in [3.8, 4) is 0 Å². The van der Waals surface area contributed by atoms with Crippen molar-refractivity contribution in [2.75, 3.05) is 32.8 Å². The minimum absolute atomic E-state index is 0.104. The number of hydrogen-bond donors (Lipinski definition) is 1. The third kappa shape index (κ3) is 4.66. The van der Waals surface area contributed by atoms with Crippen molar-refractivity contribution in [1.82, 2.24) is 4.90 Å². The molecule has 2 rings (SSSR count). The van der Waals surface area contributed by atoms with Gasteiger partial charge in [0.1, 0.15) is 0 Å². The number of amides is 1. The van der Waals surface area contributed by atoms with Crippen molar-refractivity contribution >= 4 is 5.91 Å². The lowest BCUT2D eigenvalue weighted by molar-refractivity contribution is -0.140. The van der Waals surface area contributed by atoms with Gasteiger partial charge in [0.25, 0.3) is 0 Å². The lowest BCUT2D eigenvalue weighted by atomic mass is 9.94. The second-order valence-electron chi connectivity index (χ2n) is 6.60. The van der Waals surface area contributed by atoms with Crippen LogP contribution in [0.5, 0.6) is 0 Å². The SMILES string of the molecule is CC(C)C(CN)C(=O)N(CC1CCCO1)CC1CCCO1. The van der Waals surface area contributed by atoms with Crippen molar-refractivity contribution in [3.05, 3.63) is 0 Å². The fourth-order valence-corrected chi connectivity index (χ4v) is 3.22. The van der Waals surface area contributed by atoms with Crippen molar-refractivity contribution in [2.45, 2.75) is 51.7 Å². The van der Waals surface area contributed by atoms with E-state index in [0.29, 0.717) is 19.6 Å². The topological polar surface area (TPSA) is 64.8 Å². The Morgan fingerprint density at radius 3 is 2.00 bits per heavy atom. The molecule has 3 atom stereocenters. The Bertz CT molecular complexity index is 305. The van der Waals surface area contributed by atoms with E-state index in [9.17, 15) is 4.79 Å². The highest BCUT2D eigenvalue weighted by Crippen LogP contribution is 2.20. The molecule has 0 bridgehead atoms. The Morgan fingerprint density at radius 1 is 1.14 bits per heavy atom. The number of ether oxygens (including phenoxy) is 2. The molecule has 3 unspecified atom stereocenters. The summed E-state index contributed by atoms with van der Waals surface area (Å²) >= 11 is 0. The zero-order valence-corrected chi connectivity index (χ0v) is 13.4. The summed E-state index contributed by atoms with van der Waals surface area (Å²) in [7, 11) is 0. The average molecular weight is 298 g/mol. The van der Waals surface area contributed by atoms with Crippen LogP contribution in [-0.4, -0.2) is 55.9 Å². The molecule has 0 aliphatic carbocycles. The predicted molar refractivity (Wildman–Crippen MR) is 81.9 cm³/mol. The van der Waals surface area contributed by atoms with Crippen LogP contribution in [0.3, 0.4) is 0 Å². The standard InChI is InChI=1S/C16H30N2O3/c1-12(2)15(9-17)16(19)18(10-13-5-3-7-20-13)11-14-6-4-8-21-14/h12-15H,3-11,17H2,1-2H3. The first kappa shape index (κ1) is 16.7. The van der Waals surface area contributed by atoms with Gasteiger partial charge in [0.15, 0.2) is 0 Å². The van der Waals surface area contributed by atoms with Crippen molar-refractivity contribution in [1.29, 1.82) is 0 Å². The highest BCUT2D eigenvalue weighted by Gasteiger charge is 2.31. The molecule has 0 radical (unpaired) electrons. The van der Waals surface area contributed by atoms with E-state index >= 15 is 0 Å². The van der Waals surface area contributed by atoms with Gasteiger partial charge < -0.3 is 20.1 Å². The van der Waals surface area contributed by atoms with E-state index < -0.39 is 0 Å². The maximum atomic E-state index is 12.8. The first-order valence-electron chi connectivity index (χ1n) is 8.34. The Labute approximate surface area is 128 Å². The minimum Gasteiger partial charge on any atom is -0.376 e. The summed E-state index contributed by atoms with van der Waals surface area (Å²) in [4.78, 5) is 14.8. The zero-order valence-electron chi connectivity index (χ0n) is 13.4. The highest BCUT2D eigenvalue weighted by molar-refractivity contribution is 5.79. The molecule has 0 aromatic carbocycles. The van der Waals surface area contributed by atoms with E-state index in [1.54, 1.807) is 0 Å². The summed E-state index contributed by atoms with van der Waals surface area (Å²) in [5, 5.41) is 0. The molecule has 0 spiro atoms. The van der Waals surface area contributed by atoms with Crippen molar-refractivity contribution in [3.63, 3.8) is 0 Å². The van der Waals surface area contributed by atoms with Gasteiger partial charge in [-0.1, -0.05) is 13.8 Å². The molecule has 5 nitrogen and oxygen atoms in total. The van der Waals surface area contributed by atoms with E-state index in [1.807, 2.05) is 4.90 Å². The van der Waals surface area contributed by atoms with Gasteiger partial charge in [-0.15, -0.1) is 0 Å². The molecule has 2 aliphatic heterocycles. The number of carbonyl (C=O) groups excluding carboxylic acids is 1. The van der Waals surface area contributed by atoms with E-state index in [1.165, 1.54) is 0 Å². The first-order valence-corrected chi connectivity index (χ1v) is 8.34. The molecule has 2 heterocycles. The van der Waals surface area contributed by atoms with Gasteiger partial charge in [0.2, 0.25) is 5.91 Å². The molecule has 0 saturated carbocycles. The van der Waals surface area contributed by atoms with Gasteiger partial charge in [-0.2, -0.15) is 0 Å². The van der Waals surface area contributed by atoms with Crippen LogP contribution < -0.4 is 5.73 Å². The van der Waals surface area contributed by atoms with E-state index in [2.05, 4.69) is 13.8 Å². The molecular formula is C16H30N2O3. The monoisotopic (exact) mass is 298 g/mol. The predicted octanol–water partition coefficient (Wildman–Crippen LogP) is 1.40. The highest BCUT2D eigenvalue weighted by atomic mass is 16.5. The molecule has 21 heavy (non-hydrogen) atoms. The lowest BCUT2D eigenvalue weighted by Gasteiger charge is -2.32. The van der Waals surface area contributed by atoms with Crippen LogP contribution >= 0.6 is 0 Å². The van der Waals surface area contributed by atoms with Gasteiger partial charge in [-0.25, -0.2) is 0 Å². The Kier molecular flexibility index (Phi) is 6.45. The van der Waals surface area contributed by atoms with Gasteiger partial charge in [0, 0.05) is 32.8 Å². The maximum absolute atomic E-state index is 12.8. The first-order chi connectivity index (χ1) is 10.1. The number of nitrogens with two attached hydrogens (primary N) is 1. The molecule has 122 valence electrons. The molecule has 2 saturated heterocycles. The maximum Gasteiger partial charge on any atom is 0.227 e. The summed E-state index contributed by atoms with van der Waals surface area (Å²) < 4.78 is 11.4. The number of hydrogen-bond acceptors (Lipinski definition) is 4. The fourth-order valence-electron chi connectivity index (χ4n) is 3.22. The largest absolute Gasteiger partial charge is 0.376 e. The zero-order chi connectivity index (χ0) is 15.2. The lowest BCUT2D eigenvalue weighted by Crippen LogP contribution is -2.47. The number of nitrogens with zero attached hydrogens (tertiary/aromatic N) is 1. The molecule has 0 aromatic rings. The van der Waals surface area contributed by atoms with Crippen molar-refractivity contribution < 1.29 is 14.3 Å². The quantitative estimate of drug-likeness (QED) is 0.772.